The molecule has 1 unspecified atom stereocenters. The number of ketones is 1. The second-order valence-corrected chi connectivity index (χ2v) is 8.29. The number of amides is 2. The van der Waals surface area contributed by atoms with Crippen molar-refractivity contribution in [2.24, 2.45) is 0 Å². The predicted octanol–water partition coefficient (Wildman–Crippen LogP) is 3.20. The SMILES string of the molecule is COc1ccc(C(=O)COC(=O)c2ccc(N3C(=O)CC(NCCc4ccccc4)C3=O)cc2)cc1. The number of benzene rings is 3. The van der Waals surface area contributed by atoms with Gasteiger partial charge in [-0.1, -0.05) is 30.3 Å². The number of rotatable bonds is 10. The molecule has 1 atom stereocenters. The van der Waals surface area contributed by atoms with Crippen molar-refractivity contribution in [3.8, 4) is 5.75 Å². The summed E-state index contributed by atoms with van der Waals surface area (Å²) in [7, 11) is 1.53. The van der Waals surface area contributed by atoms with Gasteiger partial charge in [0.2, 0.25) is 5.91 Å². The minimum absolute atomic E-state index is 0.0743. The van der Waals surface area contributed by atoms with Crippen molar-refractivity contribution in [2.75, 3.05) is 25.2 Å². The van der Waals surface area contributed by atoms with Gasteiger partial charge in [-0.05, 0) is 67.1 Å². The van der Waals surface area contributed by atoms with E-state index < -0.39 is 18.6 Å². The minimum Gasteiger partial charge on any atom is -0.497 e. The molecule has 3 aromatic rings. The number of esters is 1. The lowest BCUT2D eigenvalue weighted by Crippen LogP contribution is -2.39. The van der Waals surface area contributed by atoms with Crippen molar-refractivity contribution in [3.63, 3.8) is 0 Å². The molecule has 1 heterocycles. The number of hydrogen-bond donors (Lipinski definition) is 1. The van der Waals surface area contributed by atoms with E-state index in [9.17, 15) is 19.2 Å². The summed E-state index contributed by atoms with van der Waals surface area (Å²) in [4.78, 5) is 51.1. The van der Waals surface area contributed by atoms with Crippen molar-refractivity contribution in [1.29, 1.82) is 0 Å². The molecule has 36 heavy (non-hydrogen) atoms. The Balaban J connectivity index is 1.30. The van der Waals surface area contributed by atoms with Gasteiger partial charge in [-0.3, -0.25) is 14.4 Å². The Labute approximate surface area is 208 Å². The number of imide groups is 1. The summed E-state index contributed by atoms with van der Waals surface area (Å²) in [5.74, 6) is -1.04. The molecule has 0 aliphatic carbocycles. The molecular formula is C28H26N2O6. The molecule has 0 spiro atoms. The fourth-order valence-corrected chi connectivity index (χ4v) is 3.92. The van der Waals surface area contributed by atoms with Gasteiger partial charge in [0.25, 0.3) is 5.91 Å². The van der Waals surface area contributed by atoms with E-state index >= 15 is 0 Å². The lowest BCUT2D eigenvalue weighted by molar-refractivity contribution is -0.121. The van der Waals surface area contributed by atoms with E-state index in [0.717, 1.165) is 16.9 Å². The summed E-state index contributed by atoms with van der Waals surface area (Å²) in [6.45, 7) is 0.161. The summed E-state index contributed by atoms with van der Waals surface area (Å²) in [6, 6.07) is 21.8. The molecule has 1 fully saturated rings. The molecule has 0 radical (unpaired) electrons. The van der Waals surface area contributed by atoms with Crippen LogP contribution < -0.4 is 15.0 Å². The number of carbonyl (C=O) groups is 4. The van der Waals surface area contributed by atoms with Crippen LogP contribution in [0.25, 0.3) is 0 Å². The van der Waals surface area contributed by atoms with E-state index in [1.54, 1.807) is 24.3 Å². The number of ether oxygens (including phenoxy) is 2. The molecular weight excluding hydrogens is 460 g/mol. The maximum atomic E-state index is 12.8. The van der Waals surface area contributed by atoms with Gasteiger partial charge in [0.05, 0.1) is 30.8 Å². The average molecular weight is 487 g/mol. The van der Waals surface area contributed by atoms with Crippen LogP contribution >= 0.6 is 0 Å². The van der Waals surface area contributed by atoms with Crippen LogP contribution in [0.4, 0.5) is 5.69 Å². The Hall–Kier alpha value is -4.30. The van der Waals surface area contributed by atoms with E-state index in [1.165, 1.54) is 31.4 Å². The first-order chi connectivity index (χ1) is 17.5. The number of methoxy groups -OCH3 is 1. The number of anilines is 1. The average Bonchev–Trinajstić information content (AvgIpc) is 3.20. The molecule has 1 saturated heterocycles. The minimum atomic E-state index is -0.678. The molecule has 8 nitrogen and oxygen atoms in total. The highest BCUT2D eigenvalue weighted by atomic mass is 16.5. The van der Waals surface area contributed by atoms with E-state index in [4.69, 9.17) is 9.47 Å². The molecule has 1 aliphatic heterocycles. The molecule has 0 bridgehead atoms. The van der Waals surface area contributed by atoms with E-state index in [-0.39, 0.29) is 29.6 Å². The number of hydrogen-bond acceptors (Lipinski definition) is 7. The highest BCUT2D eigenvalue weighted by molar-refractivity contribution is 6.22. The van der Waals surface area contributed by atoms with Gasteiger partial charge in [0.1, 0.15) is 5.75 Å². The lowest BCUT2D eigenvalue weighted by atomic mass is 10.1. The van der Waals surface area contributed by atoms with Gasteiger partial charge in [-0.25, -0.2) is 9.69 Å². The van der Waals surface area contributed by atoms with Crippen LogP contribution in [-0.4, -0.2) is 49.9 Å². The van der Waals surface area contributed by atoms with Gasteiger partial charge in [0, 0.05) is 5.56 Å². The molecule has 3 aromatic carbocycles. The number of carbonyl (C=O) groups excluding carboxylic acids is 4. The van der Waals surface area contributed by atoms with E-state index in [0.29, 0.717) is 23.5 Å². The number of nitrogens with zero attached hydrogens (tertiary/aromatic N) is 1. The second kappa shape index (κ2) is 11.4. The molecule has 8 heteroatoms. The highest BCUT2D eigenvalue weighted by Gasteiger charge is 2.39. The smallest absolute Gasteiger partial charge is 0.338 e. The van der Waals surface area contributed by atoms with Crippen LogP contribution in [-0.2, 0) is 20.7 Å². The van der Waals surface area contributed by atoms with Crippen molar-refractivity contribution < 1.29 is 28.7 Å². The van der Waals surface area contributed by atoms with Crippen LogP contribution in [0, 0.1) is 0 Å². The first-order valence-electron chi connectivity index (χ1n) is 11.5. The van der Waals surface area contributed by atoms with Gasteiger partial charge < -0.3 is 14.8 Å². The van der Waals surface area contributed by atoms with Crippen molar-refractivity contribution in [3.05, 3.63) is 95.6 Å². The van der Waals surface area contributed by atoms with E-state index in [1.807, 2.05) is 30.3 Å². The molecule has 1 N–H and O–H groups in total. The topological polar surface area (TPSA) is 102 Å². The van der Waals surface area contributed by atoms with Crippen LogP contribution in [0.2, 0.25) is 0 Å². The Morgan fingerprint density at radius 3 is 2.25 bits per heavy atom. The largest absolute Gasteiger partial charge is 0.497 e. The molecule has 0 aromatic heterocycles. The summed E-state index contributed by atoms with van der Waals surface area (Å²) in [6.07, 6.45) is 0.821. The maximum absolute atomic E-state index is 12.8. The second-order valence-electron chi connectivity index (χ2n) is 8.29. The molecule has 184 valence electrons. The van der Waals surface area contributed by atoms with Crippen LogP contribution in [0.15, 0.2) is 78.9 Å². The fourth-order valence-electron chi connectivity index (χ4n) is 3.92. The lowest BCUT2D eigenvalue weighted by Gasteiger charge is -2.16. The van der Waals surface area contributed by atoms with Crippen molar-refractivity contribution in [1.82, 2.24) is 5.32 Å². The zero-order chi connectivity index (χ0) is 25.5. The third kappa shape index (κ3) is 5.84. The number of nitrogens with one attached hydrogen (secondary N) is 1. The fraction of sp³-hybridized carbons (Fsp3) is 0.214. The molecule has 0 saturated carbocycles. The first kappa shape index (κ1) is 24.8. The van der Waals surface area contributed by atoms with Gasteiger partial charge in [-0.15, -0.1) is 0 Å². The monoisotopic (exact) mass is 486 g/mol. The normalized spacial score (nSPS) is 15.1. The molecule has 4 rings (SSSR count). The van der Waals surface area contributed by atoms with Gasteiger partial charge >= 0.3 is 5.97 Å². The van der Waals surface area contributed by atoms with Gasteiger partial charge in [0.15, 0.2) is 12.4 Å². The maximum Gasteiger partial charge on any atom is 0.338 e. The first-order valence-corrected chi connectivity index (χ1v) is 11.5. The zero-order valence-electron chi connectivity index (χ0n) is 19.8. The van der Waals surface area contributed by atoms with Crippen molar-refractivity contribution >= 4 is 29.3 Å². The Morgan fingerprint density at radius 1 is 0.917 bits per heavy atom. The standard InChI is InChI=1S/C28H26N2O6/c1-35-23-13-9-20(10-14-23)25(31)18-36-28(34)21-7-11-22(12-8-21)30-26(32)17-24(27(30)33)29-16-15-19-5-3-2-4-6-19/h2-14,24,29H,15-18H2,1H3. The summed E-state index contributed by atoms with van der Waals surface area (Å²) < 4.78 is 10.2. The summed E-state index contributed by atoms with van der Waals surface area (Å²) >= 11 is 0. The summed E-state index contributed by atoms with van der Waals surface area (Å²) in [5.41, 5.74) is 2.13. The van der Waals surface area contributed by atoms with Crippen LogP contribution in [0.3, 0.4) is 0 Å². The van der Waals surface area contributed by atoms with Crippen LogP contribution in [0.5, 0.6) is 5.75 Å². The Morgan fingerprint density at radius 2 is 1.58 bits per heavy atom. The van der Waals surface area contributed by atoms with Gasteiger partial charge in [-0.2, -0.15) is 0 Å². The third-order valence-corrected chi connectivity index (χ3v) is 5.90. The Bertz CT molecular complexity index is 1240. The highest BCUT2D eigenvalue weighted by Crippen LogP contribution is 2.23. The Kier molecular flexibility index (Phi) is 7.87. The van der Waals surface area contributed by atoms with Crippen molar-refractivity contribution in [2.45, 2.75) is 18.9 Å². The zero-order valence-corrected chi connectivity index (χ0v) is 19.8. The molecule has 1 aliphatic rings. The quantitative estimate of drug-likeness (QED) is 0.267. The van der Waals surface area contributed by atoms with E-state index in [2.05, 4.69) is 5.32 Å². The summed E-state index contributed by atoms with van der Waals surface area (Å²) in [5, 5.41) is 3.16. The third-order valence-electron chi connectivity index (χ3n) is 5.90. The molecule has 2 amide bonds. The number of Topliss-reactive ketones (excluding diaryl/α,β-unsaturated/α-hetero) is 1. The predicted molar refractivity (Wildman–Crippen MR) is 133 cm³/mol. The van der Waals surface area contributed by atoms with Crippen LogP contribution in [0.1, 0.15) is 32.7 Å².